The molecule has 51 heavy (non-hydrogen) atoms. The molecular formula is C39H30F3N3O6. The molecule has 0 radical (unpaired) electrons. The third kappa shape index (κ3) is 4.32. The fourth-order valence-electron chi connectivity index (χ4n) is 8.55. The van der Waals surface area contributed by atoms with Gasteiger partial charge in [-0.1, -0.05) is 55.5 Å². The van der Waals surface area contributed by atoms with Crippen LogP contribution in [-0.4, -0.2) is 33.3 Å². The first-order chi connectivity index (χ1) is 24.4. The van der Waals surface area contributed by atoms with Crippen LogP contribution in [0.2, 0.25) is 0 Å². The summed E-state index contributed by atoms with van der Waals surface area (Å²) in [4.78, 5) is 44.7. The Labute approximate surface area is 288 Å². The zero-order chi connectivity index (χ0) is 35.6. The van der Waals surface area contributed by atoms with Crippen LogP contribution in [0.3, 0.4) is 0 Å². The number of carbonyl (C=O) groups excluding carboxylic acids is 2. The summed E-state index contributed by atoms with van der Waals surface area (Å²) in [6.45, 7) is 2.38. The highest BCUT2D eigenvalue weighted by molar-refractivity contribution is 5.94. The van der Waals surface area contributed by atoms with E-state index < -0.39 is 53.0 Å². The van der Waals surface area contributed by atoms with Crippen molar-refractivity contribution in [3.63, 3.8) is 0 Å². The van der Waals surface area contributed by atoms with E-state index in [9.17, 15) is 19.5 Å². The molecule has 258 valence electrons. The molecule has 2 aromatic heterocycles. The number of aliphatic hydroxyl groups is 1. The molecule has 1 unspecified atom stereocenters. The Hall–Kier alpha value is -5.49. The minimum absolute atomic E-state index is 0.00189. The van der Waals surface area contributed by atoms with Crippen molar-refractivity contribution in [2.24, 2.45) is 0 Å². The second-order valence-corrected chi connectivity index (χ2v) is 13.6. The standard InChI is InChI=1S/C39H30F3N3O6/c1-3-38(49)26-12-30-34-23(15-45(30)35(46)25(26)17-50-36(38)47)31-29(14-39(41,42)33-18(2)27(40)13-28(43-34)32(31)33)44-37(48)51-16-24-21-10-6-4-8-19(21)20-9-5-7-11-22(20)24/h4-13,24,29,49H,3,14-17H2,1-2H3,(H,44,48)/t29?,38-/m0/s1. The molecule has 0 spiro atoms. The number of nitrogens with zero attached hydrogens (tertiary/aromatic N) is 2. The maximum atomic E-state index is 16.1. The third-order valence-corrected chi connectivity index (χ3v) is 11.0. The minimum Gasteiger partial charge on any atom is -0.458 e. The zero-order valence-corrected chi connectivity index (χ0v) is 27.5. The molecule has 4 aliphatic rings. The molecule has 9 rings (SSSR count). The zero-order valence-electron chi connectivity index (χ0n) is 27.5. The third-order valence-electron chi connectivity index (χ3n) is 11.0. The lowest BCUT2D eigenvalue weighted by atomic mass is 9.79. The molecule has 12 heteroatoms. The van der Waals surface area contributed by atoms with Crippen molar-refractivity contribution in [2.75, 3.05) is 6.61 Å². The van der Waals surface area contributed by atoms with E-state index in [-0.39, 0.29) is 76.6 Å². The Morgan fingerprint density at radius 2 is 1.76 bits per heavy atom. The van der Waals surface area contributed by atoms with Crippen LogP contribution in [-0.2, 0) is 38.9 Å². The molecular weight excluding hydrogens is 663 g/mol. The second kappa shape index (κ2) is 10.8. The lowest BCUT2D eigenvalue weighted by molar-refractivity contribution is -0.172. The summed E-state index contributed by atoms with van der Waals surface area (Å²) in [5.41, 5.74) is 1.88. The number of benzene rings is 3. The van der Waals surface area contributed by atoms with Crippen LogP contribution in [0.25, 0.3) is 33.4 Å². The number of hydrogen-bond donors (Lipinski definition) is 2. The maximum absolute atomic E-state index is 16.1. The summed E-state index contributed by atoms with van der Waals surface area (Å²) in [7, 11) is 0. The van der Waals surface area contributed by atoms with Crippen LogP contribution in [0.5, 0.6) is 0 Å². The maximum Gasteiger partial charge on any atom is 0.407 e. The summed E-state index contributed by atoms with van der Waals surface area (Å²) in [6.07, 6.45) is -1.87. The SMILES string of the molecule is CC[C@@]1(O)C(=O)OCc2c1cc1n(c2=O)Cc2c-1nc1cc(F)c(C)c3c1c2C(NC(=O)OCC1c2ccccc2-c2ccccc21)CC3(F)F. The average molecular weight is 694 g/mol. The summed E-state index contributed by atoms with van der Waals surface area (Å²) in [6, 6.07) is 16.9. The van der Waals surface area contributed by atoms with E-state index in [2.05, 4.69) is 10.3 Å². The quantitative estimate of drug-likeness (QED) is 0.200. The van der Waals surface area contributed by atoms with Gasteiger partial charge in [-0.05, 0) is 52.8 Å². The van der Waals surface area contributed by atoms with E-state index in [0.29, 0.717) is 5.56 Å². The van der Waals surface area contributed by atoms with Crippen molar-refractivity contribution in [3.8, 4) is 22.5 Å². The molecule has 0 saturated heterocycles. The van der Waals surface area contributed by atoms with Gasteiger partial charge in [0.1, 0.15) is 19.0 Å². The van der Waals surface area contributed by atoms with E-state index >= 15 is 13.2 Å². The number of aromatic nitrogens is 2. The number of ether oxygens (including phenoxy) is 2. The average Bonchev–Trinajstić information content (AvgIpc) is 3.64. The van der Waals surface area contributed by atoms with E-state index in [1.54, 1.807) is 6.92 Å². The van der Waals surface area contributed by atoms with Crippen molar-refractivity contribution in [2.45, 2.75) is 63.3 Å². The molecule has 2 atom stereocenters. The van der Waals surface area contributed by atoms with Gasteiger partial charge >= 0.3 is 12.1 Å². The lowest BCUT2D eigenvalue weighted by Crippen LogP contribution is -2.44. The van der Waals surface area contributed by atoms with E-state index in [0.717, 1.165) is 28.3 Å². The summed E-state index contributed by atoms with van der Waals surface area (Å²) in [5.74, 6) is -5.57. The van der Waals surface area contributed by atoms with Gasteiger partial charge in [-0.25, -0.2) is 27.7 Å². The van der Waals surface area contributed by atoms with Crippen molar-refractivity contribution < 1.29 is 37.3 Å². The molecule has 2 aliphatic carbocycles. The highest BCUT2D eigenvalue weighted by Gasteiger charge is 2.49. The predicted octanol–water partition coefficient (Wildman–Crippen LogP) is 6.60. The fraction of sp³-hybridized carbons (Fsp3) is 0.282. The van der Waals surface area contributed by atoms with Crippen LogP contribution < -0.4 is 10.9 Å². The lowest BCUT2D eigenvalue weighted by Gasteiger charge is -2.34. The Kier molecular flexibility index (Phi) is 6.64. The van der Waals surface area contributed by atoms with Crippen molar-refractivity contribution in [1.29, 1.82) is 0 Å². The number of hydrogen-bond acceptors (Lipinski definition) is 7. The number of carbonyl (C=O) groups is 2. The number of esters is 1. The normalized spacial score (nSPS) is 20.6. The molecule has 3 aromatic carbocycles. The van der Waals surface area contributed by atoms with Crippen LogP contribution in [0.1, 0.15) is 76.2 Å². The molecule has 9 nitrogen and oxygen atoms in total. The van der Waals surface area contributed by atoms with Gasteiger partial charge in [0.15, 0.2) is 5.60 Å². The number of alkyl halides is 2. The molecule has 0 bridgehead atoms. The van der Waals surface area contributed by atoms with Crippen molar-refractivity contribution >= 4 is 23.0 Å². The first-order valence-electron chi connectivity index (χ1n) is 16.8. The number of rotatable bonds is 4. The minimum atomic E-state index is -3.55. The number of fused-ring (bicyclic) bond motifs is 8. The number of nitrogens with one attached hydrogen (secondary N) is 1. The molecule has 0 fully saturated rings. The van der Waals surface area contributed by atoms with Crippen molar-refractivity contribution in [1.82, 2.24) is 14.9 Å². The van der Waals surface area contributed by atoms with Gasteiger partial charge in [0, 0.05) is 40.5 Å². The van der Waals surface area contributed by atoms with Gasteiger partial charge in [-0.15, -0.1) is 0 Å². The van der Waals surface area contributed by atoms with E-state index in [1.807, 2.05) is 48.5 Å². The van der Waals surface area contributed by atoms with Gasteiger partial charge in [-0.2, -0.15) is 0 Å². The highest BCUT2D eigenvalue weighted by Crippen LogP contribution is 2.53. The smallest absolute Gasteiger partial charge is 0.407 e. The van der Waals surface area contributed by atoms with Crippen LogP contribution in [0.15, 0.2) is 65.5 Å². The summed E-state index contributed by atoms with van der Waals surface area (Å²) < 4.78 is 59.8. The fourth-order valence-corrected chi connectivity index (χ4v) is 8.55. The Balaban J connectivity index is 1.14. The summed E-state index contributed by atoms with van der Waals surface area (Å²) >= 11 is 0. The molecule has 4 heterocycles. The monoisotopic (exact) mass is 693 g/mol. The molecule has 5 aromatic rings. The number of halogens is 3. The number of cyclic esters (lactones) is 1. The molecule has 2 aliphatic heterocycles. The van der Waals surface area contributed by atoms with Crippen LogP contribution in [0.4, 0.5) is 18.0 Å². The van der Waals surface area contributed by atoms with Gasteiger partial charge in [-0.3, -0.25) is 4.79 Å². The van der Waals surface area contributed by atoms with Gasteiger partial charge in [0.2, 0.25) is 0 Å². The number of pyridine rings is 2. The highest BCUT2D eigenvalue weighted by atomic mass is 19.3. The Morgan fingerprint density at radius 1 is 1.08 bits per heavy atom. The van der Waals surface area contributed by atoms with Gasteiger partial charge in [0.25, 0.3) is 11.5 Å². The second-order valence-electron chi connectivity index (χ2n) is 13.6. The largest absolute Gasteiger partial charge is 0.458 e. The topological polar surface area (TPSA) is 120 Å². The predicted molar refractivity (Wildman–Crippen MR) is 179 cm³/mol. The molecule has 0 saturated carbocycles. The Morgan fingerprint density at radius 3 is 2.45 bits per heavy atom. The first-order valence-corrected chi connectivity index (χ1v) is 16.8. The molecule has 1 amide bonds. The van der Waals surface area contributed by atoms with Gasteiger partial charge in [0.05, 0.1) is 35.1 Å². The molecule has 2 N–H and O–H groups in total. The first kappa shape index (κ1) is 31.5. The number of alkyl carbamates (subject to hydrolysis) is 1. The van der Waals surface area contributed by atoms with E-state index in [4.69, 9.17) is 9.47 Å². The van der Waals surface area contributed by atoms with Crippen LogP contribution >= 0.6 is 0 Å². The number of amides is 1. The van der Waals surface area contributed by atoms with E-state index in [1.165, 1.54) is 17.6 Å². The Bertz CT molecular complexity index is 2410. The van der Waals surface area contributed by atoms with Gasteiger partial charge < -0.3 is 24.5 Å². The van der Waals surface area contributed by atoms with Crippen LogP contribution in [0, 0.1) is 12.7 Å². The van der Waals surface area contributed by atoms with Crippen molar-refractivity contribution in [3.05, 3.63) is 121 Å². The summed E-state index contributed by atoms with van der Waals surface area (Å²) in [5, 5.41) is 14.0.